The number of aromatic nitrogens is 2. The number of aromatic amines is 1. The molecule has 3 aromatic rings. The van der Waals surface area contributed by atoms with Gasteiger partial charge in [-0.1, -0.05) is 11.6 Å². The van der Waals surface area contributed by atoms with Crippen molar-refractivity contribution in [2.45, 2.75) is 25.9 Å². The summed E-state index contributed by atoms with van der Waals surface area (Å²) >= 11 is 1.80. The molecule has 5 N–H and O–H groups in total. The van der Waals surface area contributed by atoms with Gasteiger partial charge < -0.3 is 36.1 Å². The largest absolute Gasteiger partial charge is 2.00 e. The molecule has 188 valence electrons. The van der Waals surface area contributed by atoms with Crippen LogP contribution in [0.2, 0.25) is 0 Å². The molecular weight excluding hydrogens is 696 g/mol. The van der Waals surface area contributed by atoms with Gasteiger partial charge in [-0.3, -0.25) is 0 Å². The molecule has 0 radical (unpaired) electrons. The van der Waals surface area contributed by atoms with E-state index in [0.717, 1.165) is 30.6 Å². The molecule has 1 aliphatic rings. The molecule has 36 heavy (non-hydrogen) atoms. The summed E-state index contributed by atoms with van der Waals surface area (Å²) in [6.45, 7) is 8.94. The van der Waals surface area contributed by atoms with E-state index in [-0.39, 0.29) is 42.6 Å². The Bertz CT molecular complexity index is 1150. The van der Waals surface area contributed by atoms with Crippen LogP contribution in [0.5, 0.6) is 0 Å². The third-order valence-corrected chi connectivity index (χ3v) is 6.50. The van der Waals surface area contributed by atoms with Gasteiger partial charge in [0.25, 0.3) is 6.02 Å². The van der Waals surface area contributed by atoms with Gasteiger partial charge in [-0.2, -0.15) is 24.6 Å². The van der Waals surface area contributed by atoms with Gasteiger partial charge in [-0.05, 0) is 31.1 Å². The van der Waals surface area contributed by atoms with Crippen molar-refractivity contribution >= 4 is 28.4 Å². The number of amidine groups is 1. The molecule has 1 unspecified atom stereocenters. The number of thiophene rings is 1. The average molecular weight is 730 g/mol. The van der Waals surface area contributed by atoms with Crippen LogP contribution in [0.3, 0.4) is 0 Å². The summed E-state index contributed by atoms with van der Waals surface area (Å²) < 4.78 is 5.57. The number of nitrogens with one attached hydrogen (secondary N) is 3. The number of ether oxygens (including phenoxy) is 1. The Morgan fingerprint density at radius 2 is 2.14 bits per heavy atom. The molecule has 3 heterocycles. The minimum atomic E-state index is 0. The summed E-state index contributed by atoms with van der Waals surface area (Å²) in [4.78, 5) is 13.8. The van der Waals surface area contributed by atoms with Crippen molar-refractivity contribution in [1.82, 2.24) is 15.3 Å². The Morgan fingerprint density at radius 1 is 1.39 bits per heavy atom. The third-order valence-electron chi connectivity index (χ3n) is 5.18. The van der Waals surface area contributed by atoms with Crippen molar-refractivity contribution in [2.24, 2.45) is 10.7 Å². The zero-order chi connectivity index (χ0) is 25.0. The number of rotatable bonds is 9. The van der Waals surface area contributed by atoms with Crippen molar-refractivity contribution in [3.63, 3.8) is 0 Å². The van der Waals surface area contributed by atoms with Crippen LogP contribution in [-0.2, 0) is 11.3 Å². The van der Waals surface area contributed by atoms with Crippen LogP contribution in [-0.4, -0.2) is 48.8 Å². The number of benzene rings is 1. The molecular formula is C26H33N7OSU. The Labute approximate surface area is 241 Å². The number of likely N-dealkylation sites (N-methyl/N-ethyl adjacent to an activating group) is 1. The number of aliphatic imine (C=N–C) groups is 1. The van der Waals surface area contributed by atoms with E-state index >= 15 is 0 Å². The summed E-state index contributed by atoms with van der Waals surface area (Å²) in [5.74, 6) is 0. The fourth-order valence-electron chi connectivity index (χ4n) is 2.97. The Kier molecular flexibility index (Phi) is 12.9. The maximum atomic E-state index is 6.83. The average Bonchev–Trinajstić information content (AvgIpc) is 3.60. The van der Waals surface area contributed by atoms with E-state index in [0.29, 0.717) is 19.2 Å². The molecule has 10 heteroatoms. The quantitative estimate of drug-likeness (QED) is 0.117. The van der Waals surface area contributed by atoms with Gasteiger partial charge in [0.1, 0.15) is 6.61 Å². The number of aryl methyl sites for hydroxylation is 1. The van der Waals surface area contributed by atoms with Crippen molar-refractivity contribution in [2.75, 3.05) is 31.6 Å². The Hall–Kier alpha value is -2.51. The van der Waals surface area contributed by atoms with Gasteiger partial charge >= 0.3 is 31.1 Å². The first-order valence-corrected chi connectivity index (χ1v) is 12.2. The second-order valence-electron chi connectivity index (χ2n) is 8.20. The molecule has 0 aliphatic carbocycles. The summed E-state index contributed by atoms with van der Waals surface area (Å²) in [6, 6.07) is 12.6. The monoisotopic (exact) mass is 729 g/mol. The Morgan fingerprint density at radius 3 is 2.75 bits per heavy atom. The van der Waals surface area contributed by atoms with E-state index in [1.54, 1.807) is 23.6 Å². The molecule has 1 atom stereocenters. The fourth-order valence-corrected chi connectivity index (χ4v) is 4.06. The maximum absolute atomic E-state index is 6.83. The number of anilines is 1. The maximum Gasteiger partial charge on any atom is 2.00 e. The molecule has 0 spiro atoms. The van der Waals surface area contributed by atoms with Crippen LogP contribution in [0.15, 0.2) is 53.7 Å². The van der Waals surface area contributed by atoms with Gasteiger partial charge in [0.05, 0.1) is 18.1 Å². The minimum absolute atomic E-state index is 0. The molecule has 8 nitrogen and oxygen atoms in total. The zero-order valence-corrected chi connectivity index (χ0v) is 25.7. The van der Waals surface area contributed by atoms with Crippen molar-refractivity contribution in [3.8, 4) is 0 Å². The first-order valence-electron chi connectivity index (χ1n) is 11.4. The predicted octanol–water partition coefficient (Wildman–Crippen LogP) is 3.27. The normalized spacial score (nSPS) is 14.5. The molecule has 0 bridgehead atoms. The van der Waals surface area contributed by atoms with E-state index in [2.05, 4.69) is 70.6 Å². The van der Waals surface area contributed by atoms with Gasteiger partial charge in [0.15, 0.2) is 0 Å². The number of hydrogen-bond acceptors (Lipinski definition) is 7. The third kappa shape index (κ3) is 11.0. The smallest absolute Gasteiger partial charge is 0.464 e. The van der Waals surface area contributed by atoms with Crippen LogP contribution in [0.25, 0.3) is 6.08 Å². The molecule has 2 aromatic heterocycles. The van der Waals surface area contributed by atoms with Gasteiger partial charge in [-0.15, -0.1) is 35.7 Å². The van der Waals surface area contributed by atoms with Crippen LogP contribution in [0.1, 0.15) is 28.0 Å². The van der Waals surface area contributed by atoms with Crippen molar-refractivity contribution in [3.05, 3.63) is 89.0 Å². The van der Waals surface area contributed by atoms with E-state index in [9.17, 15) is 0 Å². The molecule has 1 fully saturated rings. The van der Waals surface area contributed by atoms with Gasteiger partial charge in [0, 0.05) is 36.3 Å². The molecule has 4 rings (SSSR count). The molecule has 0 saturated carbocycles. The van der Waals surface area contributed by atoms with Gasteiger partial charge in [0.2, 0.25) is 0 Å². The Balaban J connectivity index is 0.000000492. The standard InChI is InChI=1S/C22H29N4OS.C4H4N3.U/c1-16-7-9-18(10-8-16)14-25-22(23)27-12-11-26(3)21-13-17(2)20(28-21)6-4-5-19-15-24-19;5-4-1-2-6-3-7-4;/h4,6-10,13,19,24H,1,5,11-12,14-15H2,2-3H3,(H2,23,25);1-2H,(H2,5,6,7);/q2*-1;+2/b6-4+;;. The number of nitrogens with zero attached hydrogens (tertiary/aromatic N) is 3. The van der Waals surface area contributed by atoms with Crippen molar-refractivity contribution in [1.29, 1.82) is 5.41 Å². The summed E-state index contributed by atoms with van der Waals surface area (Å²) in [5.41, 5.74) is 9.49. The number of H-pyrrole nitrogens is 1. The summed E-state index contributed by atoms with van der Waals surface area (Å²) in [7, 11) is 2.07. The molecule has 0 amide bonds. The number of nitrogens with two attached hydrogens (primary N) is 1. The van der Waals surface area contributed by atoms with E-state index in [1.807, 2.05) is 24.3 Å². The second-order valence-corrected chi connectivity index (χ2v) is 9.26. The number of hydrogen-bond donors (Lipinski definition) is 4. The van der Waals surface area contributed by atoms with Crippen LogP contribution in [0, 0.1) is 56.7 Å². The SMILES string of the molecule is N=c1cc[nH][c-]n1.[CH2-]c1ccc(CN=C(N)OCCN(C)c2cc(C)c(/C=C/CC3CN3)s2)cc1.[U+2]. The summed E-state index contributed by atoms with van der Waals surface area (Å²) in [5, 5.41) is 11.4. The van der Waals surface area contributed by atoms with E-state index in [1.165, 1.54) is 15.4 Å². The second kappa shape index (κ2) is 15.6. The van der Waals surface area contributed by atoms with Crippen LogP contribution < -0.4 is 21.4 Å². The minimum Gasteiger partial charge on any atom is -0.464 e. The first kappa shape index (κ1) is 29.7. The molecule has 1 saturated heterocycles. The van der Waals surface area contributed by atoms with Crippen LogP contribution in [0.4, 0.5) is 5.00 Å². The van der Waals surface area contributed by atoms with Crippen LogP contribution >= 0.6 is 11.3 Å². The molecule has 1 aliphatic heterocycles. The zero-order valence-electron chi connectivity index (χ0n) is 20.8. The topological polar surface area (TPSA) is 125 Å². The summed E-state index contributed by atoms with van der Waals surface area (Å²) in [6.07, 6.45) is 9.61. The van der Waals surface area contributed by atoms with Crippen molar-refractivity contribution < 1.29 is 35.9 Å². The van der Waals surface area contributed by atoms with Gasteiger partial charge in [-0.25, -0.2) is 4.99 Å². The fraction of sp³-hybridized carbons (Fsp3) is 0.308. The van der Waals surface area contributed by atoms with E-state index in [4.69, 9.17) is 15.9 Å². The molecule has 1 aromatic carbocycles. The first-order chi connectivity index (χ1) is 16.9. The predicted molar refractivity (Wildman–Crippen MR) is 143 cm³/mol. The van der Waals surface area contributed by atoms with E-state index < -0.39 is 0 Å².